The number of Topliss-reactive ketones (excluding diaryl/α,β-unsaturated/α-hetero) is 1. The van der Waals surface area contributed by atoms with Gasteiger partial charge in [-0.2, -0.15) is 0 Å². The molecule has 200 valence electrons. The lowest BCUT2D eigenvalue weighted by Crippen LogP contribution is -2.23. The topological polar surface area (TPSA) is 54.0 Å². The van der Waals surface area contributed by atoms with Crippen LogP contribution in [0.15, 0.2) is 24.3 Å². The van der Waals surface area contributed by atoms with E-state index in [1.54, 1.807) is 14.2 Å². The molecule has 0 fully saturated rings. The first-order valence-corrected chi connectivity index (χ1v) is 14.6. The van der Waals surface area contributed by atoms with Crippen LogP contribution in [-0.4, -0.2) is 57.1 Å². The Morgan fingerprint density at radius 1 is 0.667 bits per heavy atom. The molecule has 2 rings (SSSR count). The third kappa shape index (κ3) is 8.30. The first kappa shape index (κ1) is 30.8. The second-order valence-electron chi connectivity index (χ2n) is 9.17. The number of ketones is 1. The molecule has 0 bridgehead atoms. The van der Waals surface area contributed by atoms with Gasteiger partial charge in [0.05, 0.1) is 25.0 Å². The van der Waals surface area contributed by atoms with Crippen molar-refractivity contribution < 1.29 is 23.7 Å². The van der Waals surface area contributed by atoms with E-state index in [0.717, 1.165) is 57.7 Å². The van der Waals surface area contributed by atoms with Crippen LogP contribution >= 0.6 is 31.9 Å². The standard InChI is InChI=1S/C29H40Br2O5/c1-19-13-23(14-20(2)28(19)35-11-7-9-33-5)25(17-30)27(32)26(18-31)24-15-21(3)29(22(4)16-24)36-12-8-10-34-6/h13-16,25-26H,7-12,17-18H2,1-6H3. The molecule has 0 spiro atoms. The van der Waals surface area contributed by atoms with Crippen molar-refractivity contribution in [1.29, 1.82) is 0 Å². The zero-order chi connectivity index (χ0) is 26.7. The van der Waals surface area contributed by atoms with Gasteiger partial charge in [-0.25, -0.2) is 0 Å². The fourth-order valence-electron chi connectivity index (χ4n) is 4.48. The minimum absolute atomic E-state index is 0.184. The Hall–Kier alpha value is -1.41. The van der Waals surface area contributed by atoms with Crippen LogP contribution in [0.4, 0.5) is 0 Å². The Labute approximate surface area is 233 Å². The van der Waals surface area contributed by atoms with Crippen molar-refractivity contribution in [3.8, 4) is 11.5 Å². The lowest BCUT2D eigenvalue weighted by Gasteiger charge is -2.23. The molecular weight excluding hydrogens is 588 g/mol. The molecular formula is C29H40Br2O5. The summed E-state index contributed by atoms with van der Waals surface area (Å²) < 4.78 is 22.2. The number of ether oxygens (including phenoxy) is 4. The predicted molar refractivity (Wildman–Crippen MR) is 154 cm³/mol. The SMILES string of the molecule is COCCCOc1c(C)cc(C(CBr)C(=O)C(CBr)c2cc(C)c(OCCCOC)c(C)c2)cc1C. The van der Waals surface area contributed by atoms with Crippen molar-refractivity contribution in [3.63, 3.8) is 0 Å². The summed E-state index contributed by atoms with van der Waals surface area (Å²) in [6.45, 7) is 10.7. The largest absolute Gasteiger partial charge is 0.493 e. The molecule has 2 unspecified atom stereocenters. The van der Waals surface area contributed by atoms with Crippen molar-refractivity contribution in [2.24, 2.45) is 0 Å². The quantitative estimate of drug-likeness (QED) is 0.148. The normalized spacial score (nSPS) is 12.9. The molecule has 0 radical (unpaired) electrons. The van der Waals surface area contributed by atoms with E-state index >= 15 is 0 Å². The van der Waals surface area contributed by atoms with Crippen LogP contribution in [0.1, 0.15) is 58.1 Å². The van der Waals surface area contributed by atoms with Gasteiger partial charge in [0.15, 0.2) is 0 Å². The monoisotopic (exact) mass is 626 g/mol. The molecule has 0 aliphatic heterocycles. The second kappa shape index (κ2) is 15.8. The van der Waals surface area contributed by atoms with Crippen LogP contribution in [0.5, 0.6) is 11.5 Å². The molecule has 0 aromatic heterocycles. The molecule has 2 aromatic rings. The lowest BCUT2D eigenvalue weighted by atomic mass is 9.83. The summed E-state index contributed by atoms with van der Waals surface area (Å²) in [5.41, 5.74) is 6.18. The molecule has 0 heterocycles. The number of hydrogen-bond acceptors (Lipinski definition) is 5. The van der Waals surface area contributed by atoms with Crippen LogP contribution in [0, 0.1) is 27.7 Å². The number of rotatable bonds is 16. The molecule has 36 heavy (non-hydrogen) atoms. The van der Waals surface area contributed by atoms with Crippen molar-refractivity contribution in [1.82, 2.24) is 0 Å². The third-order valence-electron chi connectivity index (χ3n) is 6.24. The van der Waals surface area contributed by atoms with Crippen LogP contribution in [-0.2, 0) is 14.3 Å². The van der Waals surface area contributed by atoms with Crippen LogP contribution in [0.25, 0.3) is 0 Å². The molecule has 2 aromatic carbocycles. The first-order chi connectivity index (χ1) is 17.3. The highest BCUT2D eigenvalue weighted by Gasteiger charge is 2.29. The number of benzene rings is 2. The first-order valence-electron chi connectivity index (χ1n) is 12.4. The second-order valence-corrected chi connectivity index (χ2v) is 10.5. The molecule has 0 saturated heterocycles. The average molecular weight is 628 g/mol. The molecule has 0 aliphatic rings. The van der Waals surface area contributed by atoms with E-state index in [-0.39, 0.29) is 17.6 Å². The van der Waals surface area contributed by atoms with Crippen molar-refractivity contribution >= 4 is 37.6 Å². The number of carbonyl (C=O) groups excluding carboxylic acids is 1. The van der Waals surface area contributed by atoms with E-state index < -0.39 is 0 Å². The van der Waals surface area contributed by atoms with Gasteiger partial charge in [0.25, 0.3) is 0 Å². The molecule has 7 heteroatoms. The zero-order valence-corrected chi connectivity index (χ0v) is 25.6. The Kier molecular flexibility index (Phi) is 13.5. The summed E-state index contributed by atoms with van der Waals surface area (Å²) in [5.74, 6) is 1.43. The van der Waals surface area contributed by atoms with Gasteiger partial charge in [0.1, 0.15) is 17.3 Å². The van der Waals surface area contributed by atoms with Gasteiger partial charge < -0.3 is 18.9 Å². The summed E-state index contributed by atoms with van der Waals surface area (Å²) in [7, 11) is 3.39. The Bertz CT molecular complexity index is 868. The number of alkyl halides is 2. The minimum atomic E-state index is -0.266. The molecule has 0 saturated carbocycles. The molecule has 5 nitrogen and oxygen atoms in total. The fourth-order valence-corrected chi connectivity index (χ4v) is 5.87. The van der Waals surface area contributed by atoms with E-state index in [2.05, 4.69) is 56.1 Å². The van der Waals surface area contributed by atoms with Crippen LogP contribution in [0.2, 0.25) is 0 Å². The van der Waals surface area contributed by atoms with Gasteiger partial charge in [-0.1, -0.05) is 56.1 Å². The number of hydrogen-bond donors (Lipinski definition) is 0. The maximum absolute atomic E-state index is 13.9. The van der Waals surface area contributed by atoms with Gasteiger partial charge in [-0.15, -0.1) is 0 Å². The van der Waals surface area contributed by atoms with Crippen LogP contribution < -0.4 is 9.47 Å². The van der Waals surface area contributed by atoms with Gasteiger partial charge in [0.2, 0.25) is 0 Å². The third-order valence-corrected chi connectivity index (χ3v) is 7.54. The van der Waals surface area contributed by atoms with E-state index in [1.165, 1.54) is 0 Å². The predicted octanol–water partition coefficient (Wildman–Crippen LogP) is 6.98. The summed E-state index contributed by atoms with van der Waals surface area (Å²) >= 11 is 7.24. The molecule has 2 atom stereocenters. The highest BCUT2D eigenvalue weighted by atomic mass is 79.9. The minimum Gasteiger partial charge on any atom is -0.493 e. The summed E-state index contributed by atoms with van der Waals surface area (Å²) in [6.07, 6.45) is 1.67. The average Bonchev–Trinajstić information content (AvgIpc) is 2.83. The molecule has 0 aliphatic carbocycles. The molecule has 0 amide bonds. The van der Waals surface area contributed by atoms with E-state index in [1.807, 2.05) is 27.7 Å². The van der Waals surface area contributed by atoms with Gasteiger partial charge in [-0.05, 0) is 61.1 Å². The Morgan fingerprint density at radius 2 is 1.00 bits per heavy atom. The lowest BCUT2D eigenvalue weighted by molar-refractivity contribution is -0.121. The highest BCUT2D eigenvalue weighted by molar-refractivity contribution is 9.09. The number of methoxy groups -OCH3 is 2. The van der Waals surface area contributed by atoms with Gasteiger partial charge in [-0.3, -0.25) is 4.79 Å². The fraction of sp³-hybridized carbons (Fsp3) is 0.552. The maximum Gasteiger partial charge on any atom is 0.149 e. The molecule has 0 N–H and O–H groups in total. The highest BCUT2D eigenvalue weighted by Crippen LogP contribution is 2.36. The number of carbonyl (C=O) groups is 1. The Balaban J connectivity index is 2.26. The van der Waals surface area contributed by atoms with Crippen molar-refractivity contribution in [3.05, 3.63) is 57.6 Å². The van der Waals surface area contributed by atoms with Crippen molar-refractivity contribution in [2.75, 3.05) is 51.3 Å². The zero-order valence-electron chi connectivity index (χ0n) is 22.4. The van der Waals surface area contributed by atoms with Crippen LogP contribution in [0.3, 0.4) is 0 Å². The van der Waals surface area contributed by atoms with E-state index in [9.17, 15) is 4.79 Å². The van der Waals surface area contributed by atoms with Crippen molar-refractivity contribution in [2.45, 2.75) is 52.4 Å². The number of aryl methyl sites for hydroxylation is 4. The van der Waals surface area contributed by atoms with Gasteiger partial charge >= 0.3 is 0 Å². The van der Waals surface area contributed by atoms with E-state index in [0.29, 0.717) is 37.1 Å². The summed E-state index contributed by atoms with van der Waals surface area (Å²) in [4.78, 5) is 13.9. The summed E-state index contributed by atoms with van der Waals surface area (Å²) in [5, 5.41) is 1.11. The van der Waals surface area contributed by atoms with E-state index in [4.69, 9.17) is 18.9 Å². The summed E-state index contributed by atoms with van der Waals surface area (Å²) in [6, 6.07) is 8.34. The number of halogens is 2. The van der Waals surface area contributed by atoms with Gasteiger partial charge in [0, 0.05) is 50.9 Å². The maximum atomic E-state index is 13.9. The smallest absolute Gasteiger partial charge is 0.149 e. The Morgan fingerprint density at radius 3 is 1.28 bits per heavy atom.